The van der Waals surface area contributed by atoms with Crippen LogP contribution in [0.15, 0.2) is 18.2 Å². The van der Waals surface area contributed by atoms with Crippen molar-refractivity contribution in [3.05, 3.63) is 29.5 Å². The van der Waals surface area contributed by atoms with Crippen LogP contribution < -0.4 is 10.6 Å². The predicted octanol–water partition coefficient (Wildman–Crippen LogP) is 2.33. The van der Waals surface area contributed by atoms with Gasteiger partial charge in [0, 0.05) is 35.8 Å². The lowest BCUT2D eigenvalue weighted by Gasteiger charge is -2.05. The fourth-order valence-electron chi connectivity index (χ4n) is 2.31. The van der Waals surface area contributed by atoms with Gasteiger partial charge in [-0.2, -0.15) is 0 Å². The topological polar surface area (TPSA) is 83.2 Å². The number of amides is 2. The summed E-state index contributed by atoms with van der Waals surface area (Å²) in [5.74, 6) is -0.0412. The van der Waals surface area contributed by atoms with Crippen molar-refractivity contribution in [2.75, 3.05) is 19.0 Å². The van der Waals surface area contributed by atoms with Gasteiger partial charge in [-0.15, -0.1) is 0 Å². The summed E-state index contributed by atoms with van der Waals surface area (Å²) in [6.07, 6.45) is 0.231. The van der Waals surface area contributed by atoms with Crippen LogP contribution in [-0.2, 0) is 16.0 Å². The lowest BCUT2D eigenvalue weighted by atomic mass is 10.1. The third kappa shape index (κ3) is 3.53. The Balaban J connectivity index is 2.26. The number of carbonyl (C=O) groups is 2. The molecule has 2 rings (SSSR count). The van der Waals surface area contributed by atoms with Gasteiger partial charge in [-0.1, -0.05) is 0 Å². The molecule has 0 spiro atoms. The van der Waals surface area contributed by atoms with Crippen LogP contribution in [0.3, 0.4) is 0 Å². The van der Waals surface area contributed by atoms with Gasteiger partial charge in [-0.25, -0.2) is 4.79 Å². The molecule has 0 unspecified atom stereocenters. The zero-order valence-electron chi connectivity index (χ0n) is 12.4. The second-order valence-corrected chi connectivity index (χ2v) is 4.84. The first-order chi connectivity index (χ1) is 10.0. The molecule has 112 valence electrons. The fraction of sp³-hybridized carbons (Fsp3) is 0.333. The summed E-state index contributed by atoms with van der Waals surface area (Å²) >= 11 is 0. The Kier molecular flexibility index (Phi) is 4.47. The number of carbonyl (C=O) groups excluding carboxylic acids is 2. The van der Waals surface area contributed by atoms with E-state index in [1.165, 1.54) is 14.0 Å². The molecule has 0 radical (unpaired) electrons. The standard InChI is InChI=1S/C15H19N3O3/c1-9-12(6-7-16-10(2)19)13-8-11(18-15(20)21-3)4-5-14(13)17-9/h4-5,8,17H,6-7H2,1-3H3,(H,16,19)(H,18,20). The quantitative estimate of drug-likeness (QED) is 0.807. The van der Waals surface area contributed by atoms with Gasteiger partial charge in [0.1, 0.15) is 0 Å². The third-order valence-electron chi connectivity index (χ3n) is 3.30. The molecular formula is C15H19N3O3. The Morgan fingerprint density at radius 3 is 2.76 bits per heavy atom. The Morgan fingerprint density at radius 2 is 2.10 bits per heavy atom. The number of hydrogen-bond donors (Lipinski definition) is 3. The lowest BCUT2D eigenvalue weighted by molar-refractivity contribution is -0.118. The molecular weight excluding hydrogens is 270 g/mol. The van der Waals surface area contributed by atoms with Crippen LogP contribution in [0.25, 0.3) is 10.9 Å². The fourth-order valence-corrected chi connectivity index (χ4v) is 2.31. The number of aromatic nitrogens is 1. The van der Waals surface area contributed by atoms with E-state index in [0.29, 0.717) is 12.2 Å². The second kappa shape index (κ2) is 6.30. The Hall–Kier alpha value is -2.50. The Morgan fingerprint density at radius 1 is 1.33 bits per heavy atom. The molecule has 21 heavy (non-hydrogen) atoms. The van der Waals surface area contributed by atoms with Crippen LogP contribution in [-0.4, -0.2) is 30.6 Å². The monoisotopic (exact) mass is 289 g/mol. The zero-order chi connectivity index (χ0) is 15.4. The van der Waals surface area contributed by atoms with Crippen LogP contribution in [0, 0.1) is 6.92 Å². The van der Waals surface area contributed by atoms with Gasteiger partial charge in [-0.05, 0) is 37.1 Å². The van der Waals surface area contributed by atoms with Crippen LogP contribution in [0.1, 0.15) is 18.2 Å². The van der Waals surface area contributed by atoms with E-state index in [-0.39, 0.29) is 5.91 Å². The summed E-state index contributed by atoms with van der Waals surface area (Å²) in [6.45, 7) is 4.08. The number of methoxy groups -OCH3 is 1. The molecule has 6 nitrogen and oxygen atoms in total. The van der Waals surface area contributed by atoms with Gasteiger partial charge in [0.15, 0.2) is 0 Å². The van der Waals surface area contributed by atoms with Gasteiger partial charge in [0.25, 0.3) is 0 Å². The van der Waals surface area contributed by atoms with Gasteiger partial charge >= 0.3 is 6.09 Å². The zero-order valence-corrected chi connectivity index (χ0v) is 12.4. The van der Waals surface area contributed by atoms with Crippen molar-refractivity contribution in [3.63, 3.8) is 0 Å². The molecule has 0 saturated heterocycles. The molecule has 0 aliphatic heterocycles. The van der Waals surface area contributed by atoms with Gasteiger partial charge in [-0.3, -0.25) is 10.1 Å². The minimum atomic E-state index is -0.499. The summed E-state index contributed by atoms with van der Waals surface area (Å²) in [4.78, 5) is 25.5. The SMILES string of the molecule is COC(=O)Nc1ccc2[nH]c(C)c(CCNC(C)=O)c2c1. The van der Waals surface area contributed by atoms with Crippen molar-refractivity contribution in [1.82, 2.24) is 10.3 Å². The average Bonchev–Trinajstić information content (AvgIpc) is 2.74. The lowest BCUT2D eigenvalue weighted by Crippen LogP contribution is -2.22. The number of H-pyrrole nitrogens is 1. The van der Waals surface area contributed by atoms with E-state index < -0.39 is 6.09 Å². The number of rotatable bonds is 4. The number of anilines is 1. The number of nitrogens with one attached hydrogen (secondary N) is 3. The number of hydrogen-bond acceptors (Lipinski definition) is 3. The molecule has 0 fully saturated rings. The van der Waals surface area contributed by atoms with Gasteiger partial charge < -0.3 is 15.0 Å². The minimum Gasteiger partial charge on any atom is -0.453 e. The van der Waals surface area contributed by atoms with Crippen molar-refractivity contribution in [3.8, 4) is 0 Å². The highest BCUT2D eigenvalue weighted by Gasteiger charge is 2.10. The first kappa shape index (κ1) is 14.9. The summed E-state index contributed by atoms with van der Waals surface area (Å²) in [6, 6.07) is 5.63. The summed E-state index contributed by atoms with van der Waals surface area (Å²) in [7, 11) is 1.33. The highest BCUT2D eigenvalue weighted by Crippen LogP contribution is 2.25. The van der Waals surface area contributed by atoms with E-state index in [0.717, 1.165) is 28.6 Å². The highest BCUT2D eigenvalue weighted by atomic mass is 16.5. The summed E-state index contributed by atoms with van der Waals surface area (Å²) in [5.41, 5.74) is 3.87. The molecule has 1 aromatic carbocycles. The predicted molar refractivity (Wildman–Crippen MR) is 81.5 cm³/mol. The third-order valence-corrected chi connectivity index (χ3v) is 3.30. The number of benzene rings is 1. The second-order valence-electron chi connectivity index (χ2n) is 4.84. The molecule has 1 heterocycles. The molecule has 2 amide bonds. The maximum absolute atomic E-state index is 11.3. The first-order valence-corrected chi connectivity index (χ1v) is 6.72. The van der Waals surface area contributed by atoms with Crippen molar-refractivity contribution in [2.45, 2.75) is 20.3 Å². The van der Waals surface area contributed by atoms with E-state index in [4.69, 9.17) is 0 Å². The van der Waals surface area contributed by atoms with Crippen LogP contribution >= 0.6 is 0 Å². The average molecular weight is 289 g/mol. The Bertz CT molecular complexity index is 676. The number of aryl methyl sites for hydroxylation is 1. The Labute approximate surface area is 122 Å². The van der Waals surface area contributed by atoms with E-state index >= 15 is 0 Å². The van der Waals surface area contributed by atoms with Crippen LogP contribution in [0.2, 0.25) is 0 Å². The van der Waals surface area contributed by atoms with E-state index in [1.807, 2.05) is 25.1 Å². The highest BCUT2D eigenvalue weighted by molar-refractivity contribution is 5.92. The molecule has 6 heteroatoms. The van der Waals surface area contributed by atoms with E-state index in [2.05, 4.69) is 20.4 Å². The van der Waals surface area contributed by atoms with Crippen LogP contribution in [0.5, 0.6) is 0 Å². The van der Waals surface area contributed by atoms with E-state index in [9.17, 15) is 9.59 Å². The molecule has 0 aliphatic carbocycles. The van der Waals surface area contributed by atoms with Crippen molar-refractivity contribution < 1.29 is 14.3 Å². The van der Waals surface area contributed by atoms with E-state index in [1.54, 1.807) is 0 Å². The number of ether oxygens (including phenoxy) is 1. The molecule has 0 aliphatic rings. The number of aromatic amines is 1. The molecule has 2 aromatic rings. The van der Waals surface area contributed by atoms with Crippen molar-refractivity contribution in [1.29, 1.82) is 0 Å². The smallest absolute Gasteiger partial charge is 0.411 e. The summed E-state index contributed by atoms with van der Waals surface area (Å²) in [5, 5.41) is 6.47. The van der Waals surface area contributed by atoms with Gasteiger partial charge in [0.2, 0.25) is 5.91 Å². The molecule has 3 N–H and O–H groups in total. The molecule has 0 bridgehead atoms. The first-order valence-electron chi connectivity index (χ1n) is 6.72. The molecule has 0 saturated carbocycles. The largest absolute Gasteiger partial charge is 0.453 e. The number of fused-ring (bicyclic) bond motifs is 1. The van der Waals surface area contributed by atoms with Gasteiger partial charge in [0.05, 0.1) is 7.11 Å². The normalized spacial score (nSPS) is 10.4. The molecule has 0 atom stereocenters. The summed E-state index contributed by atoms with van der Waals surface area (Å²) < 4.78 is 4.59. The minimum absolute atomic E-state index is 0.0412. The molecule has 1 aromatic heterocycles. The van der Waals surface area contributed by atoms with Crippen LogP contribution in [0.4, 0.5) is 10.5 Å². The van der Waals surface area contributed by atoms with Crippen molar-refractivity contribution >= 4 is 28.6 Å². The van der Waals surface area contributed by atoms with Crippen molar-refractivity contribution in [2.24, 2.45) is 0 Å². The maximum Gasteiger partial charge on any atom is 0.411 e. The maximum atomic E-state index is 11.3.